The second-order valence-electron chi connectivity index (χ2n) is 6.32. The minimum atomic E-state index is -4.48. The van der Waals surface area contributed by atoms with Crippen molar-refractivity contribution in [2.45, 2.75) is 46.9 Å². The number of pyridine rings is 1. The van der Waals surface area contributed by atoms with E-state index in [-0.39, 0.29) is 23.4 Å². The first kappa shape index (κ1) is 19.8. The van der Waals surface area contributed by atoms with E-state index in [9.17, 15) is 13.2 Å². The largest absolute Gasteiger partial charge is 0.489 e. The number of alkyl halides is 3. The van der Waals surface area contributed by atoms with Crippen LogP contribution in [0.4, 0.5) is 13.2 Å². The highest BCUT2D eigenvalue weighted by atomic mass is 19.4. The van der Waals surface area contributed by atoms with E-state index in [1.165, 1.54) is 6.20 Å². The van der Waals surface area contributed by atoms with Crippen LogP contribution < -0.4 is 4.74 Å². The monoisotopic (exact) mass is 366 g/mol. The van der Waals surface area contributed by atoms with Gasteiger partial charge in [-0.3, -0.25) is 4.98 Å². The fourth-order valence-corrected chi connectivity index (χ4v) is 2.23. The zero-order chi connectivity index (χ0) is 19.5. The molecule has 0 fully saturated rings. The van der Waals surface area contributed by atoms with Gasteiger partial charge in [0.2, 0.25) is 5.89 Å². The fraction of sp³-hybridized carbons (Fsp3) is 0.368. The van der Waals surface area contributed by atoms with Crippen LogP contribution in [0.5, 0.6) is 5.75 Å². The highest BCUT2D eigenvalue weighted by Gasteiger charge is 2.32. The van der Waals surface area contributed by atoms with Crippen molar-refractivity contribution in [1.29, 1.82) is 0 Å². The van der Waals surface area contributed by atoms with E-state index >= 15 is 0 Å². The second-order valence-corrected chi connectivity index (χ2v) is 6.32. The maximum atomic E-state index is 13.2. The Hall–Kier alpha value is -2.57. The van der Waals surface area contributed by atoms with Crippen LogP contribution in [0, 0.1) is 6.92 Å². The molecular weight excluding hydrogens is 345 g/mol. The SMILES string of the molecule is CC(C)=C/C(=C\c1nc(-c2ccncc2OC(C)C)oc1C)C(F)(F)F. The number of ether oxygens (including phenoxy) is 1. The first-order valence-corrected chi connectivity index (χ1v) is 8.10. The van der Waals surface area contributed by atoms with E-state index in [2.05, 4.69) is 9.97 Å². The van der Waals surface area contributed by atoms with Gasteiger partial charge in [0, 0.05) is 6.20 Å². The number of hydrogen-bond donors (Lipinski definition) is 0. The molecule has 140 valence electrons. The zero-order valence-electron chi connectivity index (χ0n) is 15.3. The van der Waals surface area contributed by atoms with E-state index in [4.69, 9.17) is 9.15 Å². The number of hydrogen-bond acceptors (Lipinski definition) is 4. The van der Waals surface area contributed by atoms with Crippen LogP contribution in [-0.2, 0) is 0 Å². The molecule has 0 amide bonds. The van der Waals surface area contributed by atoms with Crippen molar-refractivity contribution in [1.82, 2.24) is 9.97 Å². The standard InChI is InChI=1S/C19H21F3N2O2/c1-11(2)8-14(19(20,21)22)9-16-13(5)26-18(24-16)15-6-7-23-10-17(15)25-12(3)4/h6-10,12H,1-5H3/b14-9+. The lowest BCUT2D eigenvalue weighted by Gasteiger charge is -2.11. The van der Waals surface area contributed by atoms with Crippen LogP contribution in [0.3, 0.4) is 0 Å². The summed E-state index contributed by atoms with van der Waals surface area (Å²) < 4.78 is 51.0. The Morgan fingerprint density at radius 2 is 1.96 bits per heavy atom. The smallest absolute Gasteiger partial charge is 0.416 e. The van der Waals surface area contributed by atoms with Gasteiger partial charge in [0.05, 0.1) is 23.4 Å². The van der Waals surface area contributed by atoms with Crippen molar-refractivity contribution in [3.05, 3.63) is 47.1 Å². The van der Waals surface area contributed by atoms with Gasteiger partial charge in [-0.1, -0.05) is 11.6 Å². The van der Waals surface area contributed by atoms with E-state index in [1.54, 1.807) is 33.0 Å². The minimum Gasteiger partial charge on any atom is -0.489 e. The summed E-state index contributed by atoms with van der Waals surface area (Å²) in [6.07, 6.45) is 0.553. The molecule has 0 N–H and O–H groups in total. The van der Waals surface area contributed by atoms with E-state index in [0.29, 0.717) is 16.9 Å². The molecule has 0 spiro atoms. The molecule has 0 bridgehead atoms. The summed E-state index contributed by atoms with van der Waals surface area (Å²) in [7, 11) is 0. The van der Waals surface area contributed by atoms with Gasteiger partial charge in [-0.15, -0.1) is 0 Å². The van der Waals surface area contributed by atoms with Crippen molar-refractivity contribution >= 4 is 6.08 Å². The molecule has 0 unspecified atom stereocenters. The van der Waals surface area contributed by atoms with Gasteiger partial charge in [0.15, 0.2) is 5.75 Å². The Bertz CT molecular complexity index is 830. The second kappa shape index (κ2) is 7.76. The molecule has 0 radical (unpaired) electrons. The van der Waals surface area contributed by atoms with Crippen LogP contribution >= 0.6 is 0 Å². The van der Waals surface area contributed by atoms with Crippen molar-refractivity contribution in [3.8, 4) is 17.2 Å². The molecule has 2 rings (SSSR count). The fourth-order valence-electron chi connectivity index (χ4n) is 2.23. The number of halogens is 3. The van der Waals surface area contributed by atoms with E-state index < -0.39 is 11.7 Å². The third-order valence-electron chi connectivity index (χ3n) is 3.27. The van der Waals surface area contributed by atoms with Crippen LogP contribution in [0.15, 0.2) is 40.1 Å². The highest BCUT2D eigenvalue weighted by Crippen LogP contribution is 2.33. The molecule has 26 heavy (non-hydrogen) atoms. The van der Waals surface area contributed by atoms with Crippen LogP contribution in [-0.4, -0.2) is 22.2 Å². The maximum absolute atomic E-state index is 13.2. The van der Waals surface area contributed by atoms with Crippen LogP contribution in [0.25, 0.3) is 17.5 Å². The van der Waals surface area contributed by atoms with Crippen LogP contribution in [0.2, 0.25) is 0 Å². The minimum absolute atomic E-state index is 0.0946. The van der Waals surface area contributed by atoms with Gasteiger partial charge in [-0.2, -0.15) is 13.2 Å². The summed E-state index contributed by atoms with van der Waals surface area (Å²) in [6, 6.07) is 1.65. The Kier molecular flexibility index (Phi) is 5.90. The molecule has 7 heteroatoms. The molecule has 2 aromatic heterocycles. The van der Waals surface area contributed by atoms with Gasteiger partial charge in [-0.25, -0.2) is 4.98 Å². The van der Waals surface area contributed by atoms with Gasteiger partial charge >= 0.3 is 6.18 Å². The molecule has 0 saturated heterocycles. The molecule has 4 nitrogen and oxygen atoms in total. The summed E-state index contributed by atoms with van der Waals surface area (Å²) in [5, 5.41) is 0. The van der Waals surface area contributed by atoms with Gasteiger partial charge in [0.1, 0.15) is 11.5 Å². The number of aromatic nitrogens is 2. The summed E-state index contributed by atoms with van der Waals surface area (Å²) in [5.74, 6) is 0.932. The average molecular weight is 366 g/mol. The molecule has 2 heterocycles. The molecule has 0 aliphatic carbocycles. The predicted molar refractivity (Wildman–Crippen MR) is 93.7 cm³/mol. The average Bonchev–Trinajstić information content (AvgIpc) is 2.86. The first-order valence-electron chi connectivity index (χ1n) is 8.10. The summed E-state index contributed by atoms with van der Waals surface area (Å²) >= 11 is 0. The van der Waals surface area contributed by atoms with Gasteiger partial charge in [0.25, 0.3) is 0 Å². The summed E-state index contributed by atoms with van der Waals surface area (Å²) in [6.45, 7) is 8.50. The lowest BCUT2D eigenvalue weighted by molar-refractivity contribution is -0.0873. The molecule has 0 aromatic carbocycles. The predicted octanol–water partition coefficient (Wildman–Crippen LogP) is 5.74. The highest BCUT2D eigenvalue weighted by molar-refractivity contribution is 5.65. The molecule has 2 aromatic rings. The van der Waals surface area contributed by atoms with E-state index in [1.807, 2.05) is 13.8 Å². The van der Waals surface area contributed by atoms with Gasteiger partial charge < -0.3 is 9.15 Å². The Morgan fingerprint density at radius 1 is 1.27 bits per heavy atom. The molecule has 0 saturated carbocycles. The normalized spacial score (nSPS) is 12.4. The van der Waals surface area contributed by atoms with Crippen molar-refractivity contribution < 1.29 is 22.3 Å². The Morgan fingerprint density at radius 3 is 2.54 bits per heavy atom. The third-order valence-corrected chi connectivity index (χ3v) is 3.27. The van der Waals surface area contributed by atoms with Crippen molar-refractivity contribution in [3.63, 3.8) is 0 Å². The number of aryl methyl sites for hydroxylation is 1. The molecule has 0 atom stereocenters. The summed E-state index contributed by atoms with van der Waals surface area (Å²) in [5.41, 5.74) is 0.412. The van der Waals surface area contributed by atoms with Crippen molar-refractivity contribution in [2.24, 2.45) is 0 Å². The zero-order valence-corrected chi connectivity index (χ0v) is 15.3. The maximum Gasteiger partial charge on any atom is 0.416 e. The lowest BCUT2D eigenvalue weighted by atomic mass is 10.1. The molecule has 0 aliphatic rings. The molecule has 0 aliphatic heterocycles. The number of rotatable bonds is 5. The quantitative estimate of drug-likeness (QED) is 0.633. The van der Waals surface area contributed by atoms with Gasteiger partial charge in [-0.05, 0) is 46.8 Å². The number of allylic oxidation sites excluding steroid dienone is 3. The van der Waals surface area contributed by atoms with E-state index in [0.717, 1.165) is 12.2 Å². The number of nitrogens with zero attached hydrogens (tertiary/aromatic N) is 2. The third kappa shape index (κ3) is 4.97. The lowest BCUT2D eigenvalue weighted by Crippen LogP contribution is -2.10. The number of oxazole rings is 1. The van der Waals surface area contributed by atoms with Crippen molar-refractivity contribution in [2.75, 3.05) is 0 Å². The summed E-state index contributed by atoms with van der Waals surface area (Å²) in [4.78, 5) is 8.23. The topological polar surface area (TPSA) is 48.2 Å². The first-order chi connectivity index (χ1) is 12.1. The Balaban J connectivity index is 2.50. The van der Waals surface area contributed by atoms with Crippen LogP contribution in [0.1, 0.15) is 39.1 Å². The Labute approximate surface area is 150 Å². The molecular formula is C19H21F3N2O2.